The zero-order chi connectivity index (χ0) is 11.3. The number of hydrogen-bond donors (Lipinski definition) is 0. The summed E-state index contributed by atoms with van der Waals surface area (Å²) in [5, 5.41) is 0.0740. The molecule has 0 aliphatic rings. The second-order valence-electron chi connectivity index (χ2n) is 4.59. The number of benzene rings is 1. The van der Waals surface area contributed by atoms with Gasteiger partial charge in [-0.15, -0.1) is 0 Å². The molecular weight excluding hydrogens is 184 g/mol. The van der Waals surface area contributed by atoms with Crippen molar-refractivity contribution in [2.75, 3.05) is 20.8 Å². The van der Waals surface area contributed by atoms with E-state index in [0.717, 1.165) is 13.2 Å². The topological polar surface area (TPSA) is 12.5 Å². The number of nitrogens with zero attached hydrogens (tertiary/aromatic N) is 1. The van der Waals surface area contributed by atoms with Crippen LogP contribution in [0.5, 0.6) is 0 Å². The lowest BCUT2D eigenvalue weighted by molar-refractivity contribution is 0.120. The fourth-order valence-electron chi connectivity index (χ4n) is 1.53. The van der Waals surface area contributed by atoms with E-state index in [0.29, 0.717) is 0 Å². The highest BCUT2D eigenvalue weighted by molar-refractivity contribution is 6.40. The molecular formula is C11H19B2NO. The SMILES string of the molecule is BC(B)(COC)N(C)Cc1ccccc1. The van der Waals surface area contributed by atoms with Gasteiger partial charge in [0.2, 0.25) is 0 Å². The third-order valence-corrected chi connectivity index (χ3v) is 2.79. The van der Waals surface area contributed by atoms with Crippen LogP contribution in [-0.4, -0.2) is 46.7 Å². The van der Waals surface area contributed by atoms with Crippen LogP contribution in [0.4, 0.5) is 0 Å². The van der Waals surface area contributed by atoms with E-state index in [1.165, 1.54) is 5.56 Å². The first-order valence-corrected chi connectivity index (χ1v) is 5.30. The van der Waals surface area contributed by atoms with Crippen molar-refractivity contribution in [2.24, 2.45) is 0 Å². The van der Waals surface area contributed by atoms with Crippen molar-refractivity contribution in [3.8, 4) is 0 Å². The molecule has 0 aliphatic heterocycles. The fraction of sp³-hybridized carbons (Fsp3) is 0.455. The maximum absolute atomic E-state index is 5.22. The average Bonchev–Trinajstić information content (AvgIpc) is 2.19. The molecule has 0 unspecified atom stereocenters. The molecule has 0 spiro atoms. The van der Waals surface area contributed by atoms with E-state index >= 15 is 0 Å². The van der Waals surface area contributed by atoms with E-state index in [-0.39, 0.29) is 5.34 Å². The van der Waals surface area contributed by atoms with Gasteiger partial charge >= 0.3 is 0 Å². The molecule has 2 nitrogen and oxygen atoms in total. The molecule has 0 atom stereocenters. The van der Waals surface area contributed by atoms with Crippen molar-refractivity contribution in [3.63, 3.8) is 0 Å². The van der Waals surface area contributed by atoms with Crippen LogP contribution in [0.2, 0.25) is 0 Å². The Hall–Kier alpha value is -0.730. The van der Waals surface area contributed by atoms with E-state index in [9.17, 15) is 0 Å². The number of ether oxygens (including phenoxy) is 1. The Balaban J connectivity index is 2.59. The van der Waals surface area contributed by atoms with Crippen LogP contribution >= 0.6 is 0 Å². The molecule has 80 valence electrons. The molecule has 1 aromatic carbocycles. The van der Waals surface area contributed by atoms with Crippen LogP contribution in [0.15, 0.2) is 30.3 Å². The fourth-order valence-corrected chi connectivity index (χ4v) is 1.53. The Morgan fingerprint density at radius 3 is 2.40 bits per heavy atom. The zero-order valence-electron chi connectivity index (χ0n) is 10.2. The maximum atomic E-state index is 5.22. The minimum absolute atomic E-state index is 0.0740. The van der Waals surface area contributed by atoms with Crippen molar-refractivity contribution in [1.82, 2.24) is 4.90 Å². The van der Waals surface area contributed by atoms with Gasteiger partial charge in [0.1, 0.15) is 15.7 Å². The van der Waals surface area contributed by atoms with E-state index in [2.05, 4.69) is 51.9 Å². The average molecular weight is 203 g/mol. The summed E-state index contributed by atoms with van der Waals surface area (Å²) in [6.07, 6.45) is 0. The lowest BCUT2D eigenvalue weighted by Gasteiger charge is -2.35. The van der Waals surface area contributed by atoms with Crippen molar-refractivity contribution in [2.45, 2.75) is 11.9 Å². The largest absolute Gasteiger partial charge is 0.384 e. The molecule has 4 heteroatoms. The van der Waals surface area contributed by atoms with Crippen molar-refractivity contribution in [3.05, 3.63) is 35.9 Å². The summed E-state index contributed by atoms with van der Waals surface area (Å²) in [6, 6.07) is 10.5. The highest BCUT2D eigenvalue weighted by Gasteiger charge is 2.23. The van der Waals surface area contributed by atoms with Gasteiger partial charge in [-0.2, -0.15) is 0 Å². The molecule has 0 fully saturated rings. The molecule has 1 aromatic rings. The summed E-state index contributed by atoms with van der Waals surface area (Å²) in [5.74, 6) is 0. The van der Waals surface area contributed by atoms with E-state index in [1.807, 2.05) is 6.07 Å². The van der Waals surface area contributed by atoms with Gasteiger partial charge in [0.15, 0.2) is 0 Å². The summed E-state index contributed by atoms with van der Waals surface area (Å²) in [4.78, 5) is 2.31. The van der Waals surface area contributed by atoms with Gasteiger partial charge in [0.05, 0.1) is 0 Å². The second kappa shape index (κ2) is 5.38. The van der Waals surface area contributed by atoms with Gasteiger partial charge in [0, 0.05) is 20.3 Å². The minimum Gasteiger partial charge on any atom is -0.384 e. The highest BCUT2D eigenvalue weighted by Crippen LogP contribution is 2.10. The van der Waals surface area contributed by atoms with Crippen molar-refractivity contribution >= 4 is 15.7 Å². The normalized spacial score (nSPS) is 11.9. The molecule has 0 saturated carbocycles. The standard InChI is InChI=1S/C11H19B2NO/c1-14(11(12,13)9-15-2)8-10-6-4-3-5-7-10/h3-7H,8-9,12-13H2,1-2H3. The minimum atomic E-state index is 0.0740. The smallest absolute Gasteiger partial charge is 0.120 e. The summed E-state index contributed by atoms with van der Waals surface area (Å²) in [6.45, 7) is 1.70. The predicted molar refractivity (Wildman–Crippen MR) is 69.6 cm³/mol. The Bertz CT molecular complexity index is 290. The van der Waals surface area contributed by atoms with Gasteiger partial charge in [-0.3, -0.25) is 0 Å². The zero-order valence-corrected chi connectivity index (χ0v) is 10.2. The van der Waals surface area contributed by atoms with Gasteiger partial charge in [-0.05, 0) is 17.9 Å². The Labute approximate surface area is 94.4 Å². The molecule has 0 N–H and O–H groups in total. The summed E-state index contributed by atoms with van der Waals surface area (Å²) in [7, 11) is 8.27. The van der Waals surface area contributed by atoms with E-state index in [4.69, 9.17) is 4.74 Å². The van der Waals surface area contributed by atoms with E-state index in [1.54, 1.807) is 7.11 Å². The number of hydrogen-bond acceptors (Lipinski definition) is 2. The lowest BCUT2D eigenvalue weighted by Crippen LogP contribution is -2.50. The molecule has 0 heterocycles. The molecule has 0 aliphatic carbocycles. The number of rotatable bonds is 5. The molecule has 0 aromatic heterocycles. The Kier molecular flexibility index (Phi) is 4.43. The van der Waals surface area contributed by atoms with Crippen LogP contribution in [0.1, 0.15) is 5.56 Å². The summed E-state index contributed by atoms with van der Waals surface area (Å²) in [5.41, 5.74) is 1.34. The molecule has 0 amide bonds. The van der Waals surface area contributed by atoms with E-state index < -0.39 is 0 Å². The third-order valence-electron chi connectivity index (χ3n) is 2.79. The first-order chi connectivity index (χ1) is 7.06. The quantitative estimate of drug-likeness (QED) is 0.608. The predicted octanol–water partition coefficient (Wildman–Crippen LogP) is -0.315. The van der Waals surface area contributed by atoms with Crippen molar-refractivity contribution < 1.29 is 4.74 Å². The van der Waals surface area contributed by atoms with Crippen LogP contribution < -0.4 is 0 Å². The van der Waals surface area contributed by atoms with Gasteiger partial charge in [0.25, 0.3) is 0 Å². The van der Waals surface area contributed by atoms with Crippen LogP contribution in [0.25, 0.3) is 0 Å². The first kappa shape index (κ1) is 12.3. The van der Waals surface area contributed by atoms with Gasteiger partial charge in [-0.25, -0.2) is 0 Å². The highest BCUT2D eigenvalue weighted by atomic mass is 16.5. The van der Waals surface area contributed by atoms with Crippen LogP contribution in [-0.2, 0) is 11.3 Å². The van der Waals surface area contributed by atoms with Crippen LogP contribution in [0, 0.1) is 0 Å². The lowest BCUT2D eigenvalue weighted by atomic mass is 9.61. The van der Waals surface area contributed by atoms with Gasteiger partial charge < -0.3 is 9.64 Å². The molecule has 0 saturated heterocycles. The summed E-state index contributed by atoms with van der Waals surface area (Å²) >= 11 is 0. The van der Waals surface area contributed by atoms with Crippen molar-refractivity contribution in [1.29, 1.82) is 0 Å². The molecule has 1 rings (SSSR count). The second-order valence-corrected chi connectivity index (χ2v) is 4.59. The van der Waals surface area contributed by atoms with Gasteiger partial charge in [-0.1, -0.05) is 30.3 Å². The Morgan fingerprint density at radius 2 is 1.87 bits per heavy atom. The Morgan fingerprint density at radius 1 is 1.27 bits per heavy atom. The molecule has 15 heavy (non-hydrogen) atoms. The third kappa shape index (κ3) is 3.73. The van der Waals surface area contributed by atoms with Crippen LogP contribution in [0.3, 0.4) is 0 Å². The number of likely N-dealkylation sites (N-methyl/N-ethyl adjacent to an activating group) is 1. The molecule has 0 radical (unpaired) electrons. The summed E-state index contributed by atoms with van der Waals surface area (Å²) < 4.78 is 5.22. The monoisotopic (exact) mass is 203 g/mol. The first-order valence-electron chi connectivity index (χ1n) is 5.30. The molecule has 0 bridgehead atoms. The number of methoxy groups -OCH3 is 1. The maximum Gasteiger partial charge on any atom is 0.120 e.